The number of carbonyl (C=O) groups is 1. The number of thioether (sulfide) groups is 1. The molecule has 1 rings (SSSR count). The first-order chi connectivity index (χ1) is 8.47. The third-order valence-electron chi connectivity index (χ3n) is 2.39. The fraction of sp³-hybridized carbons (Fsp3) is 0.417. The number of benzene rings is 1. The fourth-order valence-corrected chi connectivity index (χ4v) is 2.88. The fourth-order valence-electron chi connectivity index (χ4n) is 1.38. The van der Waals surface area contributed by atoms with E-state index in [0.29, 0.717) is 12.1 Å². The quantitative estimate of drug-likeness (QED) is 0.615. The summed E-state index contributed by atoms with van der Waals surface area (Å²) in [6, 6.07) is 5.96. The van der Waals surface area contributed by atoms with Gasteiger partial charge in [0.25, 0.3) is 0 Å². The summed E-state index contributed by atoms with van der Waals surface area (Å²) in [5.41, 5.74) is 0.510. The van der Waals surface area contributed by atoms with E-state index in [1.165, 1.54) is 31.2 Å². The van der Waals surface area contributed by atoms with Crippen molar-refractivity contribution in [1.29, 1.82) is 0 Å². The number of carbonyl (C=O) groups excluding carboxylic acids is 1. The Hall–Kier alpha value is -0.850. The molecule has 6 heteroatoms. The number of ketones is 1. The van der Waals surface area contributed by atoms with Gasteiger partial charge in [-0.15, -0.1) is 0 Å². The Morgan fingerprint density at radius 3 is 2.39 bits per heavy atom. The zero-order valence-electron chi connectivity index (χ0n) is 10.5. The molecular weight excluding hydrogens is 270 g/mol. The maximum Gasteiger partial charge on any atom is 0.240 e. The van der Waals surface area contributed by atoms with Crippen molar-refractivity contribution in [1.82, 2.24) is 4.72 Å². The Kier molecular flexibility index (Phi) is 5.84. The molecule has 100 valence electrons. The van der Waals surface area contributed by atoms with Gasteiger partial charge in [0.2, 0.25) is 10.0 Å². The molecule has 0 aliphatic heterocycles. The van der Waals surface area contributed by atoms with Crippen molar-refractivity contribution in [3.05, 3.63) is 29.8 Å². The molecule has 0 saturated carbocycles. The van der Waals surface area contributed by atoms with Crippen molar-refractivity contribution in [3.63, 3.8) is 0 Å². The number of hydrogen-bond acceptors (Lipinski definition) is 4. The Bertz CT molecular complexity index is 495. The largest absolute Gasteiger partial charge is 0.295 e. The smallest absolute Gasteiger partial charge is 0.240 e. The number of hydrogen-bond donors (Lipinski definition) is 1. The van der Waals surface area contributed by atoms with E-state index >= 15 is 0 Å². The van der Waals surface area contributed by atoms with Crippen LogP contribution in [0.5, 0.6) is 0 Å². The molecular formula is C12H17NO3S2. The predicted octanol–water partition coefficient (Wildman–Crippen LogP) is 1.92. The summed E-state index contributed by atoms with van der Waals surface area (Å²) < 4.78 is 26.3. The minimum Gasteiger partial charge on any atom is -0.295 e. The summed E-state index contributed by atoms with van der Waals surface area (Å²) in [6.45, 7) is 1.88. The van der Waals surface area contributed by atoms with Crippen LogP contribution in [0.1, 0.15) is 23.7 Å². The van der Waals surface area contributed by atoms with E-state index in [-0.39, 0.29) is 10.7 Å². The van der Waals surface area contributed by atoms with Crippen molar-refractivity contribution < 1.29 is 13.2 Å². The van der Waals surface area contributed by atoms with Crippen LogP contribution in [-0.2, 0) is 10.0 Å². The van der Waals surface area contributed by atoms with Gasteiger partial charge in [0.15, 0.2) is 5.78 Å². The van der Waals surface area contributed by atoms with Crippen LogP contribution in [0, 0.1) is 0 Å². The molecule has 0 aromatic heterocycles. The zero-order valence-corrected chi connectivity index (χ0v) is 12.1. The molecule has 0 amide bonds. The van der Waals surface area contributed by atoms with Gasteiger partial charge >= 0.3 is 0 Å². The minimum atomic E-state index is -3.45. The molecule has 1 aromatic carbocycles. The van der Waals surface area contributed by atoms with Crippen LogP contribution < -0.4 is 4.72 Å². The van der Waals surface area contributed by atoms with E-state index in [1.807, 2.05) is 6.26 Å². The van der Waals surface area contributed by atoms with E-state index in [1.54, 1.807) is 11.8 Å². The van der Waals surface area contributed by atoms with Crippen LogP contribution in [-0.4, -0.2) is 32.8 Å². The first-order valence-corrected chi connectivity index (χ1v) is 8.44. The maximum atomic E-state index is 11.9. The standard InChI is InChI=1S/C12H17NO3S2/c1-10(14)11-4-6-12(7-5-11)18(15,16)13-8-3-9-17-2/h4-7,13H,3,8-9H2,1-2H3. The van der Waals surface area contributed by atoms with Crippen LogP contribution in [0.3, 0.4) is 0 Å². The summed E-state index contributed by atoms with van der Waals surface area (Å²) in [5, 5.41) is 0. The average molecular weight is 287 g/mol. The zero-order chi connectivity index (χ0) is 13.6. The molecule has 0 unspecified atom stereocenters. The van der Waals surface area contributed by atoms with E-state index in [4.69, 9.17) is 0 Å². The molecule has 0 spiro atoms. The lowest BCUT2D eigenvalue weighted by molar-refractivity contribution is 0.101. The molecule has 0 fully saturated rings. The monoisotopic (exact) mass is 287 g/mol. The molecule has 18 heavy (non-hydrogen) atoms. The maximum absolute atomic E-state index is 11.9. The number of sulfonamides is 1. The molecule has 0 aliphatic carbocycles. The molecule has 0 heterocycles. The molecule has 4 nitrogen and oxygen atoms in total. The normalized spacial score (nSPS) is 11.4. The summed E-state index contributed by atoms with van der Waals surface area (Å²) in [6.07, 6.45) is 2.78. The lowest BCUT2D eigenvalue weighted by Crippen LogP contribution is -2.25. The van der Waals surface area contributed by atoms with Crippen molar-refractivity contribution >= 4 is 27.6 Å². The lowest BCUT2D eigenvalue weighted by Gasteiger charge is -2.06. The number of Topliss-reactive ketones (excluding diaryl/α,β-unsaturated/α-hetero) is 1. The number of nitrogens with one attached hydrogen (secondary N) is 1. The molecule has 1 N–H and O–H groups in total. The molecule has 0 radical (unpaired) electrons. The van der Waals surface area contributed by atoms with Gasteiger partial charge in [-0.3, -0.25) is 4.79 Å². The molecule has 0 aliphatic rings. The minimum absolute atomic E-state index is 0.0770. The Balaban J connectivity index is 2.70. The van der Waals surface area contributed by atoms with E-state index in [0.717, 1.165) is 12.2 Å². The van der Waals surface area contributed by atoms with Crippen molar-refractivity contribution in [2.24, 2.45) is 0 Å². The highest BCUT2D eigenvalue weighted by Crippen LogP contribution is 2.11. The molecule has 1 aromatic rings. The average Bonchev–Trinajstić information content (AvgIpc) is 2.35. The second-order valence-corrected chi connectivity index (χ2v) is 6.58. The Morgan fingerprint density at radius 1 is 1.28 bits per heavy atom. The third kappa shape index (κ3) is 4.44. The van der Waals surface area contributed by atoms with E-state index < -0.39 is 10.0 Å². The van der Waals surface area contributed by atoms with E-state index in [2.05, 4.69) is 4.72 Å². The highest BCUT2D eigenvalue weighted by molar-refractivity contribution is 7.98. The summed E-state index contributed by atoms with van der Waals surface area (Å²) >= 11 is 1.68. The summed E-state index contributed by atoms with van der Waals surface area (Å²) in [4.78, 5) is 11.3. The van der Waals surface area contributed by atoms with Gasteiger partial charge in [0.05, 0.1) is 4.90 Å². The van der Waals surface area contributed by atoms with Gasteiger partial charge in [0, 0.05) is 12.1 Å². The van der Waals surface area contributed by atoms with Crippen LogP contribution >= 0.6 is 11.8 Å². The van der Waals surface area contributed by atoms with E-state index in [9.17, 15) is 13.2 Å². The highest BCUT2D eigenvalue weighted by atomic mass is 32.2. The SMILES string of the molecule is CSCCCNS(=O)(=O)c1ccc(C(C)=O)cc1. The lowest BCUT2D eigenvalue weighted by atomic mass is 10.2. The number of rotatable bonds is 7. The van der Waals surface area contributed by atoms with Crippen LogP contribution in [0.15, 0.2) is 29.2 Å². The molecule has 0 bridgehead atoms. The second kappa shape index (κ2) is 6.92. The predicted molar refractivity (Wildman–Crippen MR) is 74.6 cm³/mol. The van der Waals surface area contributed by atoms with Crippen LogP contribution in [0.4, 0.5) is 0 Å². The molecule has 0 saturated heterocycles. The first-order valence-electron chi connectivity index (χ1n) is 5.57. The van der Waals surface area contributed by atoms with Crippen molar-refractivity contribution in [3.8, 4) is 0 Å². The van der Waals surface area contributed by atoms with Crippen LogP contribution in [0.25, 0.3) is 0 Å². The third-order valence-corrected chi connectivity index (χ3v) is 4.56. The van der Waals surface area contributed by atoms with Gasteiger partial charge in [-0.1, -0.05) is 12.1 Å². The Morgan fingerprint density at radius 2 is 1.89 bits per heavy atom. The van der Waals surface area contributed by atoms with Crippen molar-refractivity contribution in [2.75, 3.05) is 18.6 Å². The topological polar surface area (TPSA) is 63.2 Å². The van der Waals surface area contributed by atoms with Gasteiger partial charge in [-0.05, 0) is 37.5 Å². The summed E-state index contributed by atoms with van der Waals surface area (Å²) in [7, 11) is -3.45. The van der Waals surface area contributed by atoms with Crippen LogP contribution in [0.2, 0.25) is 0 Å². The Labute approximate surface area is 112 Å². The second-order valence-electron chi connectivity index (χ2n) is 3.82. The van der Waals surface area contributed by atoms with Gasteiger partial charge in [-0.2, -0.15) is 11.8 Å². The summed E-state index contributed by atoms with van der Waals surface area (Å²) in [5.74, 6) is 0.845. The van der Waals surface area contributed by atoms with Crippen molar-refractivity contribution in [2.45, 2.75) is 18.2 Å². The first kappa shape index (κ1) is 15.2. The van der Waals surface area contributed by atoms with Gasteiger partial charge in [0.1, 0.15) is 0 Å². The van der Waals surface area contributed by atoms with Gasteiger partial charge in [-0.25, -0.2) is 13.1 Å². The van der Waals surface area contributed by atoms with Gasteiger partial charge < -0.3 is 0 Å². The highest BCUT2D eigenvalue weighted by Gasteiger charge is 2.13. The molecule has 0 atom stereocenters.